The molecule has 0 spiro atoms. The van der Waals surface area contributed by atoms with Gasteiger partial charge in [-0.2, -0.15) is 0 Å². The van der Waals surface area contributed by atoms with Gasteiger partial charge >= 0.3 is 0 Å². The van der Waals surface area contributed by atoms with Gasteiger partial charge in [-0.3, -0.25) is 0 Å². The van der Waals surface area contributed by atoms with E-state index in [1.54, 1.807) is 10.9 Å². The molecule has 136 valence electrons. The highest BCUT2D eigenvalue weighted by molar-refractivity contribution is 5.98. The molecule has 3 N–H and O–H groups in total. The highest BCUT2D eigenvalue weighted by Gasteiger charge is 2.16. The first-order chi connectivity index (χ1) is 13.2. The summed E-state index contributed by atoms with van der Waals surface area (Å²) in [6.07, 6.45) is 1.74. The summed E-state index contributed by atoms with van der Waals surface area (Å²) in [5.41, 5.74) is 10.0. The lowest BCUT2D eigenvalue weighted by atomic mass is 10.2. The quantitative estimate of drug-likeness (QED) is 0.550. The zero-order valence-corrected chi connectivity index (χ0v) is 15.3. The maximum Gasteiger partial charge on any atom is 0.157 e. The molecule has 0 fully saturated rings. The third-order valence-electron chi connectivity index (χ3n) is 4.39. The van der Waals surface area contributed by atoms with Crippen LogP contribution in [-0.4, -0.2) is 21.4 Å². The van der Waals surface area contributed by atoms with E-state index in [-0.39, 0.29) is 0 Å². The Balaban J connectivity index is 1.87. The van der Waals surface area contributed by atoms with Gasteiger partial charge in [0.2, 0.25) is 0 Å². The van der Waals surface area contributed by atoms with Crippen molar-refractivity contribution in [3.8, 4) is 11.4 Å². The van der Waals surface area contributed by atoms with Crippen molar-refractivity contribution >= 4 is 28.2 Å². The molecule has 0 amide bonds. The van der Waals surface area contributed by atoms with Crippen molar-refractivity contribution in [1.29, 1.82) is 0 Å². The van der Waals surface area contributed by atoms with Crippen molar-refractivity contribution in [1.82, 2.24) is 14.8 Å². The number of para-hydroxylation sites is 1. The fourth-order valence-corrected chi connectivity index (χ4v) is 3.08. The van der Waals surface area contributed by atoms with E-state index in [0.717, 1.165) is 33.6 Å². The van der Waals surface area contributed by atoms with E-state index in [0.29, 0.717) is 18.2 Å². The number of fused-ring (bicyclic) bond motifs is 1. The lowest BCUT2D eigenvalue weighted by Gasteiger charge is -2.12. The first kappa shape index (κ1) is 16.9. The largest absolute Gasteiger partial charge is 0.494 e. The minimum Gasteiger partial charge on any atom is -0.494 e. The number of ether oxygens (including phenoxy) is 1. The Labute approximate surface area is 157 Å². The molecule has 0 unspecified atom stereocenters. The SMILES string of the molecule is CCOc1cccc(-n2nc(N)c3ccnc(Nc4ccccc4C)c32)c1. The van der Waals surface area contributed by atoms with Crippen LogP contribution >= 0.6 is 0 Å². The maximum atomic E-state index is 6.18. The van der Waals surface area contributed by atoms with Gasteiger partial charge < -0.3 is 15.8 Å². The molecule has 2 aromatic carbocycles. The number of benzene rings is 2. The number of anilines is 3. The van der Waals surface area contributed by atoms with Crippen molar-refractivity contribution in [2.75, 3.05) is 17.7 Å². The maximum absolute atomic E-state index is 6.18. The molecule has 0 aliphatic carbocycles. The molecular weight excluding hydrogens is 338 g/mol. The molecule has 0 atom stereocenters. The molecule has 6 heteroatoms. The van der Waals surface area contributed by atoms with E-state index < -0.39 is 0 Å². The van der Waals surface area contributed by atoms with E-state index in [9.17, 15) is 0 Å². The Kier molecular flexibility index (Phi) is 4.38. The summed E-state index contributed by atoms with van der Waals surface area (Å²) in [5.74, 6) is 1.95. The van der Waals surface area contributed by atoms with Crippen molar-refractivity contribution in [2.45, 2.75) is 13.8 Å². The van der Waals surface area contributed by atoms with Gasteiger partial charge in [0, 0.05) is 23.3 Å². The first-order valence-corrected chi connectivity index (χ1v) is 8.86. The summed E-state index contributed by atoms with van der Waals surface area (Å²) in [6.45, 7) is 4.62. The smallest absolute Gasteiger partial charge is 0.157 e. The van der Waals surface area contributed by atoms with Crippen molar-refractivity contribution < 1.29 is 4.74 Å². The Morgan fingerprint density at radius 3 is 2.78 bits per heavy atom. The van der Waals surface area contributed by atoms with Gasteiger partial charge in [0.1, 0.15) is 11.3 Å². The third kappa shape index (κ3) is 3.17. The van der Waals surface area contributed by atoms with Crippen molar-refractivity contribution in [2.24, 2.45) is 0 Å². The van der Waals surface area contributed by atoms with E-state index in [1.807, 2.05) is 55.5 Å². The number of nitrogens with one attached hydrogen (secondary N) is 1. The van der Waals surface area contributed by atoms with Crippen LogP contribution in [0.25, 0.3) is 16.6 Å². The highest BCUT2D eigenvalue weighted by Crippen LogP contribution is 2.31. The second-order valence-corrected chi connectivity index (χ2v) is 6.22. The van der Waals surface area contributed by atoms with Crippen LogP contribution in [0, 0.1) is 6.92 Å². The fraction of sp³-hybridized carbons (Fsp3) is 0.143. The standard InChI is InChI=1S/C21H21N5O/c1-3-27-16-9-6-8-15(13-16)26-19-17(20(22)25-26)11-12-23-21(19)24-18-10-5-4-7-14(18)2/h4-13H,3H2,1-2H3,(H2,22,25)(H,23,24). The molecule has 27 heavy (non-hydrogen) atoms. The minimum absolute atomic E-state index is 0.460. The van der Waals surface area contributed by atoms with Gasteiger partial charge in [-0.1, -0.05) is 24.3 Å². The van der Waals surface area contributed by atoms with Crippen LogP contribution in [0.1, 0.15) is 12.5 Å². The van der Waals surface area contributed by atoms with Crippen LogP contribution in [0.3, 0.4) is 0 Å². The van der Waals surface area contributed by atoms with Gasteiger partial charge in [0.25, 0.3) is 0 Å². The van der Waals surface area contributed by atoms with Crippen LogP contribution in [0.4, 0.5) is 17.3 Å². The number of nitrogens with zero attached hydrogens (tertiary/aromatic N) is 3. The molecule has 6 nitrogen and oxygen atoms in total. The lowest BCUT2D eigenvalue weighted by molar-refractivity contribution is 0.340. The van der Waals surface area contributed by atoms with Crippen LogP contribution in [0.2, 0.25) is 0 Å². The summed E-state index contributed by atoms with van der Waals surface area (Å²) < 4.78 is 7.43. The van der Waals surface area contributed by atoms with Crippen LogP contribution in [0.5, 0.6) is 5.75 Å². The zero-order valence-electron chi connectivity index (χ0n) is 15.3. The van der Waals surface area contributed by atoms with Crippen LogP contribution in [0.15, 0.2) is 60.8 Å². The van der Waals surface area contributed by atoms with E-state index in [1.165, 1.54) is 0 Å². The van der Waals surface area contributed by atoms with E-state index in [4.69, 9.17) is 10.5 Å². The average molecular weight is 359 g/mol. The second-order valence-electron chi connectivity index (χ2n) is 6.22. The molecule has 0 aliphatic heterocycles. The van der Waals surface area contributed by atoms with Gasteiger partial charge in [0.05, 0.1) is 12.3 Å². The molecule has 4 aromatic rings. The van der Waals surface area contributed by atoms with Crippen LogP contribution < -0.4 is 15.8 Å². The van der Waals surface area contributed by atoms with Crippen molar-refractivity contribution in [3.05, 3.63) is 66.4 Å². The molecule has 0 aliphatic rings. The Morgan fingerprint density at radius 2 is 1.96 bits per heavy atom. The van der Waals surface area contributed by atoms with E-state index in [2.05, 4.69) is 28.4 Å². The first-order valence-electron chi connectivity index (χ1n) is 8.86. The van der Waals surface area contributed by atoms with Crippen LogP contribution in [-0.2, 0) is 0 Å². The van der Waals surface area contributed by atoms with Gasteiger partial charge in [-0.25, -0.2) is 9.67 Å². The predicted octanol–water partition coefficient (Wildman–Crippen LogP) is 4.45. The fourth-order valence-electron chi connectivity index (χ4n) is 3.08. The number of nitrogen functional groups attached to an aromatic ring is 1. The number of rotatable bonds is 5. The summed E-state index contributed by atoms with van der Waals surface area (Å²) in [5, 5.41) is 8.81. The number of hydrogen-bond acceptors (Lipinski definition) is 5. The Bertz CT molecular complexity index is 1100. The normalized spacial score (nSPS) is 10.9. The molecule has 4 rings (SSSR count). The summed E-state index contributed by atoms with van der Waals surface area (Å²) in [7, 11) is 0. The Hall–Kier alpha value is -3.54. The molecule has 0 bridgehead atoms. The molecule has 0 saturated heterocycles. The summed E-state index contributed by atoms with van der Waals surface area (Å²) in [6, 6.07) is 17.7. The monoisotopic (exact) mass is 359 g/mol. The van der Waals surface area contributed by atoms with Gasteiger partial charge in [-0.15, -0.1) is 5.10 Å². The number of aryl methyl sites for hydroxylation is 1. The number of nitrogens with two attached hydrogens (primary N) is 1. The predicted molar refractivity (Wildman–Crippen MR) is 109 cm³/mol. The summed E-state index contributed by atoms with van der Waals surface area (Å²) in [4.78, 5) is 4.54. The minimum atomic E-state index is 0.460. The average Bonchev–Trinajstić information content (AvgIpc) is 3.02. The number of hydrogen-bond donors (Lipinski definition) is 2. The zero-order chi connectivity index (χ0) is 18.8. The third-order valence-corrected chi connectivity index (χ3v) is 4.39. The van der Waals surface area contributed by atoms with Crippen molar-refractivity contribution in [3.63, 3.8) is 0 Å². The molecule has 2 aromatic heterocycles. The highest BCUT2D eigenvalue weighted by atomic mass is 16.5. The van der Waals surface area contributed by atoms with Gasteiger partial charge in [0.15, 0.2) is 11.6 Å². The van der Waals surface area contributed by atoms with Gasteiger partial charge in [-0.05, 0) is 43.7 Å². The molecule has 0 saturated carbocycles. The second kappa shape index (κ2) is 6.99. The lowest BCUT2D eigenvalue weighted by Crippen LogP contribution is -2.02. The molecular formula is C21H21N5O. The van der Waals surface area contributed by atoms with E-state index >= 15 is 0 Å². The molecule has 0 radical (unpaired) electrons. The summed E-state index contributed by atoms with van der Waals surface area (Å²) >= 11 is 0. The number of aromatic nitrogens is 3. The topological polar surface area (TPSA) is 78.0 Å². The molecule has 2 heterocycles. The number of pyridine rings is 1. The Morgan fingerprint density at radius 1 is 1.11 bits per heavy atom.